The van der Waals surface area contributed by atoms with Crippen molar-refractivity contribution in [2.75, 3.05) is 11.9 Å². The zero-order valence-corrected chi connectivity index (χ0v) is 19.3. The fourth-order valence-electron chi connectivity index (χ4n) is 3.14. The summed E-state index contributed by atoms with van der Waals surface area (Å²) in [6.45, 7) is 3.80. The van der Waals surface area contributed by atoms with Gasteiger partial charge in [0.25, 0.3) is 11.8 Å². The SMILES string of the molecule is CCONC(=O)c1c(NC(=O)c2cc(Br)nn2-c2ncccc2Cl)c(C)cc2ccnn12. The molecule has 0 saturated carbocycles. The molecule has 32 heavy (non-hydrogen) atoms. The van der Waals surface area contributed by atoms with Crippen molar-refractivity contribution in [2.45, 2.75) is 13.8 Å². The Balaban J connectivity index is 1.78. The number of halogens is 2. The summed E-state index contributed by atoms with van der Waals surface area (Å²) in [7, 11) is 0. The molecule has 0 unspecified atom stereocenters. The van der Waals surface area contributed by atoms with Gasteiger partial charge in [0.15, 0.2) is 11.5 Å². The highest BCUT2D eigenvalue weighted by Gasteiger charge is 2.24. The molecule has 2 amide bonds. The number of hydroxylamine groups is 1. The van der Waals surface area contributed by atoms with E-state index in [-0.39, 0.29) is 23.7 Å². The van der Waals surface area contributed by atoms with Gasteiger partial charge in [-0.05, 0) is 59.6 Å². The van der Waals surface area contributed by atoms with Crippen molar-refractivity contribution >= 4 is 50.5 Å². The van der Waals surface area contributed by atoms with Gasteiger partial charge in [0.05, 0.1) is 29.0 Å². The summed E-state index contributed by atoms with van der Waals surface area (Å²) < 4.78 is 3.17. The lowest BCUT2D eigenvalue weighted by atomic mass is 10.1. The topological polar surface area (TPSA) is 115 Å². The molecule has 0 aliphatic rings. The molecule has 0 radical (unpaired) electrons. The molecule has 4 aromatic rings. The van der Waals surface area contributed by atoms with Crippen LogP contribution in [0.2, 0.25) is 5.02 Å². The number of rotatable bonds is 6. The Bertz CT molecular complexity index is 1330. The number of nitrogens with one attached hydrogen (secondary N) is 2. The predicted octanol–water partition coefficient (Wildman–Crippen LogP) is 3.57. The van der Waals surface area contributed by atoms with Gasteiger partial charge in [-0.3, -0.25) is 14.4 Å². The van der Waals surface area contributed by atoms with Gasteiger partial charge in [-0.2, -0.15) is 10.2 Å². The fraction of sp³-hybridized carbons (Fsp3) is 0.150. The summed E-state index contributed by atoms with van der Waals surface area (Å²) in [5.41, 5.74) is 4.26. The van der Waals surface area contributed by atoms with Gasteiger partial charge in [-0.25, -0.2) is 19.7 Å². The van der Waals surface area contributed by atoms with Gasteiger partial charge in [-0.15, -0.1) is 0 Å². The third kappa shape index (κ3) is 4.09. The number of pyridine rings is 2. The third-order valence-corrected chi connectivity index (χ3v) is 5.18. The van der Waals surface area contributed by atoms with Crippen molar-refractivity contribution < 1.29 is 14.4 Å². The van der Waals surface area contributed by atoms with E-state index in [1.807, 2.05) is 6.07 Å². The van der Waals surface area contributed by atoms with Gasteiger partial charge in [0.2, 0.25) is 0 Å². The van der Waals surface area contributed by atoms with Crippen LogP contribution in [0.5, 0.6) is 0 Å². The van der Waals surface area contributed by atoms with Crippen LogP contribution in [0.1, 0.15) is 33.5 Å². The number of hydrogen-bond acceptors (Lipinski definition) is 6. The second-order valence-electron chi connectivity index (χ2n) is 6.61. The van der Waals surface area contributed by atoms with Crippen LogP contribution in [-0.2, 0) is 4.84 Å². The van der Waals surface area contributed by atoms with Crippen LogP contribution in [0.25, 0.3) is 11.3 Å². The summed E-state index contributed by atoms with van der Waals surface area (Å²) in [6, 6.07) is 8.42. The lowest BCUT2D eigenvalue weighted by molar-refractivity contribution is 0.0358. The van der Waals surface area contributed by atoms with E-state index in [4.69, 9.17) is 16.4 Å². The molecule has 0 aromatic carbocycles. The van der Waals surface area contributed by atoms with E-state index in [2.05, 4.69) is 41.9 Å². The number of aromatic nitrogens is 5. The molecule has 4 aromatic heterocycles. The maximum atomic E-state index is 13.3. The minimum atomic E-state index is -0.554. The maximum absolute atomic E-state index is 13.3. The van der Waals surface area contributed by atoms with E-state index in [9.17, 15) is 9.59 Å². The Morgan fingerprint density at radius 1 is 1.22 bits per heavy atom. The molecule has 10 nitrogen and oxygen atoms in total. The summed E-state index contributed by atoms with van der Waals surface area (Å²) in [5, 5.41) is 11.6. The minimum Gasteiger partial charge on any atom is -0.318 e. The number of carbonyl (C=O) groups excluding carboxylic acids is 2. The highest BCUT2D eigenvalue weighted by molar-refractivity contribution is 9.10. The van der Waals surface area contributed by atoms with Crippen molar-refractivity contribution in [1.29, 1.82) is 0 Å². The first-order valence-electron chi connectivity index (χ1n) is 9.48. The number of nitrogens with zero attached hydrogens (tertiary/aromatic N) is 5. The summed E-state index contributed by atoms with van der Waals surface area (Å²) in [4.78, 5) is 35.4. The van der Waals surface area contributed by atoms with E-state index >= 15 is 0 Å². The van der Waals surface area contributed by atoms with E-state index in [1.54, 1.807) is 44.4 Å². The van der Waals surface area contributed by atoms with Crippen LogP contribution in [0.3, 0.4) is 0 Å². The molecule has 2 N–H and O–H groups in total. The van der Waals surface area contributed by atoms with Crippen molar-refractivity contribution in [2.24, 2.45) is 0 Å². The second kappa shape index (κ2) is 9.07. The Morgan fingerprint density at radius 2 is 2.03 bits per heavy atom. The molecular formula is C20H17BrClN7O3. The predicted molar refractivity (Wildman–Crippen MR) is 121 cm³/mol. The molecule has 0 aliphatic carbocycles. The first-order valence-corrected chi connectivity index (χ1v) is 10.6. The molecule has 4 heterocycles. The standard InChI is InChI=1S/C20H17BrClN7O3/c1-3-32-27-20(31)17-16(11(2)9-12-6-8-24-28(12)17)25-19(30)14-10-15(21)26-29(14)18-13(22)5-4-7-23-18/h4-10H,3H2,1-2H3,(H,25,30)(H,27,31). The number of fused-ring (bicyclic) bond motifs is 1. The van der Waals surface area contributed by atoms with Gasteiger partial charge < -0.3 is 5.32 Å². The lowest BCUT2D eigenvalue weighted by Crippen LogP contribution is -2.29. The van der Waals surface area contributed by atoms with Crippen LogP contribution in [0.4, 0.5) is 5.69 Å². The molecule has 4 rings (SSSR count). The molecule has 0 atom stereocenters. The normalized spacial score (nSPS) is 11.0. The zero-order chi connectivity index (χ0) is 22.8. The smallest absolute Gasteiger partial charge is 0.295 e. The molecule has 164 valence electrons. The summed E-state index contributed by atoms with van der Waals surface area (Å²) in [6.07, 6.45) is 3.11. The number of amides is 2. The van der Waals surface area contributed by atoms with Crippen LogP contribution >= 0.6 is 27.5 Å². The zero-order valence-electron chi connectivity index (χ0n) is 17.0. The molecule has 12 heteroatoms. The Morgan fingerprint density at radius 3 is 2.78 bits per heavy atom. The number of aryl methyl sites for hydroxylation is 1. The molecular weight excluding hydrogens is 502 g/mol. The molecule has 0 fully saturated rings. The summed E-state index contributed by atoms with van der Waals surface area (Å²) >= 11 is 9.54. The molecule has 0 saturated heterocycles. The van der Waals surface area contributed by atoms with Crippen LogP contribution in [0.15, 0.2) is 47.3 Å². The van der Waals surface area contributed by atoms with E-state index in [0.717, 1.165) is 0 Å². The fourth-order valence-corrected chi connectivity index (χ4v) is 3.71. The molecule has 0 spiro atoms. The number of carbonyl (C=O) groups is 2. The monoisotopic (exact) mass is 517 g/mol. The first-order chi connectivity index (χ1) is 15.4. The average molecular weight is 519 g/mol. The van der Waals surface area contributed by atoms with Crippen LogP contribution in [-0.4, -0.2) is 42.8 Å². The van der Waals surface area contributed by atoms with E-state index in [1.165, 1.54) is 15.3 Å². The Kier molecular flexibility index (Phi) is 6.21. The first kappa shape index (κ1) is 21.9. The van der Waals surface area contributed by atoms with Crippen molar-refractivity contribution in [3.8, 4) is 5.82 Å². The van der Waals surface area contributed by atoms with E-state index < -0.39 is 11.8 Å². The average Bonchev–Trinajstić information content (AvgIpc) is 3.38. The quantitative estimate of drug-likeness (QED) is 0.377. The van der Waals surface area contributed by atoms with Crippen molar-refractivity contribution in [3.05, 3.63) is 69.3 Å². The van der Waals surface area contributed by atoms with Gasteiger partial charge in [0, 0.05) is 12.3 Å². The van der Waals surface area contributed by atoms with Gasteiger partial charge >= 0.3 is 0 Å². The molecule has 0 bridgehead atoms. The summed E-state index contributed by atoms with van der Waals surface area (Å²) in [5.74, 6) is -0.787. The van der Waals surface area contributed by atoms with Crippen molar-refractivity contribution in [1.82, 2.24) is 29.9 Å². The maximum Gasteiger partial charge on any atom is 0.295 e. The van der Waals surface area contributed by atoms with Crippen molar-refractivity contribution in [3.63, 3.8) is 0 Å². The Hall–Kier alpha value is -3.28. The highest BCUT2D eigenvalue weighted by Crippen LogP contribution is 2.26. The number of hydrogen-bond donors (Lipinski definition) is 2. The van der Waals surface area contributed by atoms with Gasteiger partial charge in [-0.1, -0.05) is 11.6 Å². The highest BCUT2D eigenvalue weighted by atomic mass is 79.9. The molecule has 0 aliphatic heterocycles. The van der Waals surface area contributed by atoms with Gasteiger partial charge in [0.1, 0.15) is 10.3 Å². The lowest BCUT2D eigenvalue weighted by Gasteiger charge is -2.16. The van der Waals surface area contributed by atoms with Crippen LogP contribution < -0.4 is 10.8 Å². The number of anilines is 1. The Labute approximate surface area is 195 Å². The second-order valence-corrected chi connectivity index (χ2v) is 7.83. The minimum absolute atomic E-state index is 0.118. The third-order valence-electron chi connectivity index (χ3n) is 4.49. The largest absolute Gasteiger partial charge is 0.318 e. The van der Waals surface area contributed by atoms with Crippen LogP contribution in [0, 0.1) is 6.92 Å². The van der Waals surface area contributed by atoms with E-state index in [0.29, 0.717) is 26.5 Å².